The Balaban J connectivity index is 0.00000287. The Morgan fingerprint density at radius 1 is 0.725 bits per heavy atom. The number of aromatic hydroxyl groups is 2. The molecule has 0 aromatic heterocycles. The van der Waals surface area contributed by atoms with E-state index in [-0.39, 0.29) is 52.5 Å². The predicted molar refractivity (Wildman–Crippen MR) is 208 cm³/mol. The van der Waals surface area contributed by atoms with Crippen LogP contribution in [0.1, 0.15) is 160 Å². The number of hydrogen-bond donors (Lipinski definition) is 4. The molecule has 9 heteroatoms. The molecule has 51 heavy (non-hydrogen) atoms. The summed E-state index contributed by atoms with van der Waals surface area (Å²) in [5.74, 6) is -2.99. The van der Waals surface area contributed by atoms with Crippen molar-refractivity contribution >= 4 is 24.4 Å². The fraction of sp³-hybridized carbons (Fsp3) is 0.595. The molecule has 1 radical (unpaired) electrons. The summed E-state index contributed by atoms with van der Waals surface area (Å²) in [4.78, 5) is 28.3. The first-order valence-corrected chi connectivity index (χ1v) is 18.0. The Labute approximate surface area is 318 Å². The first-order chi connectivity index (χ1) is 22.7. The number of carbonyl (C=O) groups is 2. The summed E-state index contributed by atoms with van der Waals surface area (Å²) >= 11 is 0. The van der Waals surface area contributed by atoms with Gasteiger partial charge in [0.2, 0.25) is 0 Å². The van der Waals surface area contributed by atoms with E-state index in [1.165, 1.54) is 36.8 Å². The third-order valence-corrected chi connectivity index (χ3v) is 9.69. The molecular weight excluding hydrogens is 687 g/mol. The molecule has 0 spiro atoms. The molecule has 0 heterocycles. The van der Waals surface area contributed by atoms with E-state index < -0.39 is 11.9 Å². The van der Waals surface area contributed by atoms with Gasteiger partial charge in [-0.05, 0) is 77.7 Å². The molecule has 1 aliphatic carbocycles. The Morgan fingerprint density at radius 2 is 1.16 bits per heavy atom. The maximum absolute atomic E-state index is 11.3. The third-order valence-electron chi connectivity index (χ3n) is 9.69. The summed E-state index contributed by atoms with van der Waals surface area (Å²) in [5.41, 5.74) is 5.86. The second-order valence-corrected chi connectivity index (χ2v) is 16.0. The van der Waals surface area contributed by atoms with Crippen molar-refractivity contribution < 1.29 is 46.8 Å². The fourth-order valence-corrected chi connectivity index (χ4v) is 6.35. The fourth-order valence-electron chi connectivity index (χ4n) is 6.35. The molecule has 0 amide bonds. The van der Waals surface area contributed by atoms with Crippen LogP contribution in [-0.4, -0.2) is 56.9 Å². The largest absolute Gasteiger partial charge is 0.507 e. The molecule has 8 nitrogen and oxygen atoms in total. The van der Waals surface area contributed by atoms with Gasteiger partial charge in [-0.2, -0.15) is 0 Å². The molecular formula is C42H65CoN2O6-. The van der Waals surface area contributed by atoms with Gasteiger partial charge < -0.3 is 27.9 Å². The number of aryl methyl sites for hydroxylation is 1. The van der Waals surface area contributed by atoms with E-state index in [1.54, 1.807) is 0 Å². The van der Waals surface area contributed by atoms with E-state index in [4.69, 9.17) is 29.8 Å². The van der Waals surface area contributed by atoms with Crippen molar-refractivity contribution in [2.75, 3.05) is 0 Å². The van der Waals surface area contributed by atoms with Gasteiger partial charge in [0.25, 0.3) is 0 Å². The van der Waals surface area contributed by atoms with Gasteiger partial charge in [0, 0.05) is 45.9 Å². The van der Waals surface area contributed by atoms with Crippen LogP contribution in [-0.2, 0) is 42.6 Å². The maximum atomic E-state index is 11.3. The van der Waals surface area contributed by atoms with Crippen molar-refractivity contribution in [3.8, 4) is 11.5 Å². The van der Waals surface area contributed by atoms with Crippen molar-refractivity contribution in [1.82, 2.24) is 0 Å². The topological polar surface area (TPSA) is 140 Å². The average Bonchev–Trinajstić information content (AvgIpc) is 3.02. The zero-order chi connectivity index (χ0) is 37.2. The minimum atomic E-state index is -1.82. The first-order valence-electron chi connectivity index (χ1n) is 18.0. The molecule has 3 rings (SSSR count). The van der Waals surface area contributed by atoms with Crippen LogP contribution >= 0.6 is 0 Å². The molecule has 2 atom stereocenters. The van der Waals surface area contributed by atoms with Crippen LogP contribution < -0.4 is 0 Å². The van der Waals surface area contributed by atoms with E-state index in [0.29, 0.717) is 11.5 Å². The van der Waals surface area contributed by atoms with Crippen LogP contribution in [0.25, 0.3) is 0 Å². The number of rotatable bonds is 11. The van der Waals surface area contributed by atoms with E-state index >= 15 is 0 Å². The van der Waals surface area contributed by atoms with Crippen LogP contribution in [0, 0.1) is 14.4 Å². The minimum Gasteiger partial charge on any atom is -0.507 e. The van der Waals surface area contributed by atoms with E-state index in [9.17, 15) is 10.2 Å². The number of aliphatic carboxylic acids is 2. The number of carboxylic acids is 2. The van der Waals surface area contributed by atoms with Crippen LogP contribution in [0.2, 0.25) is 0 Å². The van der Waals surface area contributed by atoms with Crippen molar-refractivity contribution in [1.29, 1.82) is 0 Å². The quantitative estimate of drug-likeness (QED) is 0.102. The van der Waals surface area contributed by atoms with Gasteiger partial charge in [-0.1, -0.05) is 113 Å². The van der Waals surface area contributed by atoms with Crippen molar-refractivity contribution in [2.24, 2.45) is 9.98 Å². The summed E-state index contributed by atoms with van der Waals surface area (Å²) < 4.78 is 0. The zero-order valence-corrected chi connectivity index (χ0v) is 34.1. The molecule has 4 N–H and O–H groups in total. The molecule has 0 bridgehead atoms. The molecule has 1 fully saturated rings. The van der Waals surface area contributed by atoms with E-state index in [1.807, 2.05) is 19.4 Å². The Bertz CT molecular complexity index is 1470. The molecule has 1 saturated carbocycles. The molecule has 2 unspecified atom stereocenters. The van der Waals surface area contributed by atoms with Gasteiger partial charge in [0.15, 0.2) is 0 Å². The van der Waals surface area contributed by atoms with Gasteiger partial charge >= 0.3 is 11.9 Å². The molecule has 2 aromatic rings. The van der Waals surface area contributed by atoms with Gasteiger partial charge in [-0.3, -0.25) is 9.98 Å². The smallest absolute Gasteiger partial charge is 0.414 e. The van der Waals surface area contributed by atoms with Gasteiger partial charge in [-0.25, -0.2) is 9.59 Å². The maximum Gasteiger partial charge on any atom is 0.414 e. The number of benzene rings is 2. The number of unbranched alkanes of at least 4 members (excludes halogenated alkanes) is 2. The van der Waals surface area contributed by atoms with Crippen LogP contribution in [0.15, 0.2) is 34.3 Å². The second-order valence-electron chi connectivity index (χ2n) is 16.0. The summed E-state index contributed by atoms with van der Waals surface area (Å²) in [6.07, 6.45) is 15.1. The Morgan fingerprint density at radius 3 is 1.55 bits per heavy atom. The standard InChI is InChI=1S/C39H60N2O2.C2H2O4.CH3.Co/c1-11-13-19-39(10,20-14-12-2)31-21-27(3)35(42)28(23-31)25-40-33-17-15-16-18-34(33)41-26-29-22-30(37(4,5)6)24-32(36(29)43)38(7,8)9;3-1(4)2(5)6;;/h21-26,33-34,42-43H,11-20H2,1-10H3;(H,3,4)(H,5,6);1H3;/q;;-1;. The summed E-state index contributed by atoms with van der Waals surface area (Å²) in [6, 6.07) is 8.72. The average molecular weight is 753 g/mol. The molecule has 1 aliphatic rings. The monoisotopic (exact) mass is 752 g/mol. The van der Waals surface area contributed by atoms with Crippen LogP contribution in [0.5, 0.6) is 11.5 Å². The number of hydrogen-bond acceptors (Lipinski definition) is 6. The number of phenols is 2. The third kappa shape index (κ3) is 14.1. The second kappa shape index (κ2) is 20.8. The number of phenolic OH excluding ortho intramolecular Hbond substituents is 2. The van der Waals surface area contributed by atoms with Gasteiger partial charge in [0.1, 0.15) is 11.5 Å². The summed E-state index contributed by atoms with van der Waals surface area (Å²) in [6.45, 7) is 22.0. The van der Waals surface area contributed by atoms with Gasteiger partial charge in [-0.15, -0.1) is 0 Å². The number of carboxylic acid groups (broad SMARTS) is 2. The zero-order valence-electron chi connectivity index (χ0n) is 33.0. The van der Waals surface area contributed by atoms with Crippen LogP contribution in [0.4, 0.5) is 0 Å². The van der Waals surface area contributed by atoms with Crippen molar-refractivity contribution in [2.45, 2.75) is 162 Å². The van der Waals surface area contributed by atoms with Crippen molar-refractivity contribution in [3.05, 3.63) is 65.1 Å². The molecule has 2 aromatic carbocycles. The van der Waals surface area contributed by atoms with Crippen LogP contribution in [0.3, 0.4) is 0 Å². The number of nitrogens with zero attached hydrogens (tertiary/aromatic N) is 2. The Hall–Kier alpha value is -3.17. The van der Waals surface area contributed by atoms with E-state index in [0.717, 1.165) is 60.8 Å². The summed E-state index contributed by atoms with van der Waals surface area (Å²) in [5, 5.41) is 37.1. The van der Waals surface area contributed by atoms with E-state index in [2.05, 4.69) is 86.6 Å². The Kier molecular flexibility index (Phi) is 19.5. The minimum absolute atomic E-state index is 0. The normalized spacial score (nSPS) is 16.6. The summed E-state index contributed by atoms with van der Waals surface area (Å²) in [7, 11) is 0. The first kappa shape index (κ1) is 47.8. The SMILES string of the molecule is CCCCC(C)(CCCC)c1cc(C)c(O)c(C=NC2CCCCC2N=Cc2cc(C(C)(C)C)cc(C(C)(C)C)c2O)c1.O=C(O)C(=O)O.[CH3-].[Co]. The predicted octanol–water partition coefficient (Wildman–Crippen LogP) is 10.1. The van der Waals surface area contributed by atoms with Crippen molar-refractivity contribution in [3.63, 3.8) is 0 Å². The number of aliphatic imine (C=N–C) groups is 2. The molecule has 0 aliphatic heterocycles. The van der Waals surface area contributed by atoms with Gasteiger partial charge in [0.05, 0.1) is 12.1 Å². The molecule has 289 valence electrons. The molecule has 0 saturated heterocycles.